The average molecular weight is 253 g/mol. The van der Waals surface area contributed by atoms with Gasteiger partial charge < -0.3 is 10.5 Å². The molecule has 0 saturated carbocycles. The van der Waals surface area contributed by atoms with Crippen molar-refractivity contribution in [1.29, 1.82) is 5.26 Å². The Kier molecular flexibility index (Phi) is 2.43. The van der Waals surface area contributed by atoms with Crippen molar-refractivity contribution in [2.45, 2.75) is 0 Å². The Morgan fingerprint density at radius 2 is 2.16 bits per heavy atom. The Labute approximate surface area is 107 Å². The van der Waals surface area contributed by atoms with Crippen LogP contribution < -0.4 is 10.5 Å². The monoisotopic (exact) mass is 253 g/mol. The van der Waals surface area contributed by atoms with Crippen LogP contribution in [0.5, 0.6) is 11.6 Å². The van der Waals surface area contributed by atoms with E-state index in [4.69, 9.17) is 15.7 Å². The topological polar surface area (TPSA) is 115 Å². The van der Waals surface area contributed by atoms with E-state index < -0.39 is 0 Å². The maximum atomic E-state index is 9.02. The standard InChI is InChI=1S/C11H7N7O/c12-6-7-5-8(13)1-2-9(7)19-11-4-3-10-14-16-17-18(10)15-11/h1-5H,13H2. The van der Waals surface area contributed by atoms with Crippen molar-refractivity contribution < 1.29 is 4.74 Å². The summed E-state index contributed by atoms with van der Waals surface area (Å²) in [5.41, 5.74) is 6.93. The summed E-state index contributed by atoms with van der Waals surface area (Å²) < 4.78 is 6.76. The summed E-state index contributed by atoms with van der Waals surface area (Å²) in [4.78, 5) is 0. The fourth-order valence-electron chi connectivity index (χ4n) is 1.52. The third kappa shape index (κ3) is 2.00. The Morgan fingerprint density at radius 3 is 3.00 bits per heavy atom. The van der Waals surface area contributed by atoms with Crippen molar-refractivity contribution in [2.24, 2.45) is 0 Å². The maximum absolute atomic E-state index is 9.02. The zero-order chi connectivity index (χ0) is 13.2. The number of hydrogen-bond acceptors (Lipinski definition) is 7. The van der Waals surface area contributed by atoms with Crippen LogP contribution in [0.3, 0.4) is 0 Å². The second-order valence-corrected chi connectivity index (χ2v) is 3.67. The summed E-state index contributed by atoms with van der Waals surface area (Å²) in [5.74, 6) is 0.651. The minimum absolute atomic E-state index is 0.279. The molecule has 8 nitrogen and oxygen atoms in total. The minimum Gasteiger partial charge on any atom is -0.436 e. The van der Waals surface area contributed by atoms with E-state index in [2.05, 4.69) is 20.6 Å². The lowest BCUT2D eigenvalue weighted by molar-refractivity contribution is 0.446. The van der Waals surface area contributed by atoms with Crippen LogP contribution in [-0.2, 0) is 0 Å². The van der Waals surface area contributed by atoms with Gasteiger partial charge >= 0.3 is 0 Å². The van der Waals surface area contributed by atoms with Gasteiger partial charge in [-0.05, 0) is 34.7 Å². The molecule has 0 unspecified atom stereocenters. The van der Waals surface area contributed by atoms with Gasteiger partial charge in [0.2, 0.25) is 5.88 Å². The van der Waals surface area contributed by atoms with E-state index in [9.17, 15) is 0 Å². The molecule has 0 aliphatic heterocycles. The molecule has 0 aliphatic carbocycles. The Morgan fingerprint density at radius 1 is 1.26 bits per heavy atom. The largest absolute Gasteiger partial charge is 0.436 e. The van der Waals surface area contributed by atoms with E-state index in [-0.39, 0.29) is 5.88 Å². The molecule has 1 aromatic carbocycles. The van der Waals surface area contributed by atoms with Crippen LogP contribution in [-0.4, -0.2) is 25.3 Å². The van der Waals surface area contributed by atoms with Crippen LogP contribution in [0.25, 0.3) is 5.65 Å². The molecular weight excluding hydrogens is 246 g/mol. The van der Waals surface area contributed by atoms with Crippen LogP contribution >= 0.6 is 0 Å². The highest BCUT2D eigenvalue weighted by Crippen LogP contribution is 2.25. The minimum atomic E-state index is 0.279. The molecule has 19 heavy (non-hydrogen) atoms. The molecule has 0 aliphatic rings. The molecule has 0 amide bonds. The Balaban J connectivity index is 1.98. The number of benzene rings is 1. The van der Waals surface area contributed by atoms with Gasteiger partial charge in [0.1, 0.15) is 11.8 Å². The van der Waals surface area contributed by atoms with Crippen molar-refractivity contribution >= 4 is 11.3 Å². The van der Waals surface area contributed by atoms with Gasteiger partial charge in [-0.15, -0.1) is 14.8 Å². The van der Waals surface area contributed by atoms with Crippen molar-refractivity contribution in [3.8, 4) is 17.7 Å². The zero-order valence-corrected chi connectivity index (χ0v) is 9.56. The number of aromatic nitrogens is 5. The first-order valence-electron chi connectivity index (χ1n) is 5.29. The van der Waals surface area contributed by atoms with Crippen LogP contribution in [0.1, 0.15) is 5.56 Å². The number of nitrogen functional groups attached to an aromatic ring is 1. The lowest BCUT2D eigenvalue weighted by atomic mass is 10.2. The highest BCUT2D eigenvalue weighted by atomic mass is 16.5. The van der Waals surface area contributed by atoms with Gasteiger partial charge in [0.05, 0.1) is 5.56 Å². The van der Waals surface area contributed by atoms with E-state index in [1.165, 1.54) is 10.7 Å². The smallest absolute Gasteiger partial charge is 0.239 e. The lowest BCUT2D eigenvalue weighted by Crippen LogP contribution is -1.98. The number of nitrogens with zero attached hydrogens (tertiary/aromatic N) is 6. The van der Waals surface area contributed by atoms with Crippen molar-refractivity contribution in [3.63, 3.8) is 0 Å². The third-order valence-electron chi connectivity index (χ3n) is 2.38. The van der Waals surface area contributed by atoms with Gasteiger partial charge in [-0.25, -0.2) is 0 Å². The highest BCUT2D eigenvalue weighted by molar-refractivity contribution is 5.54. The van der Waals surface area contributed by atoms with E-state index in [0.29, 0.717) is 22.6 Å². The van der Waals surface area contributed by atoms with Crippen molar-refractivity contribution in [1.82, 2.24) is 25.3 Å². The number of nitrogens with two attached hydrogens (primary N) is 1. The van der Waals surface area contributed by atoms with Crippen LogP contribution in [0, 0.1) is 11.3 Å². The molecule has 3 rings (SSSR count). The van der Waals surface area contributed by atoms with Gasteiger partial charge in [-0.3, -0.25) is 0 Å². The molecule has 3 aromatic rings. The summed E-state index contributed by atoms with van der Waals surface area (Å²) in [6.45, 7) is 0. The van der Waals surface area contributed by atoms with Gasteiger partial charge in [0, 0.05) is 11.8 Å². The summed E-state index contributed by atoms with van der Waals surface area (Å²) in [5, 5.41) is 23.9. The van der Waals surface area contributed by atoms with E-state index in [1.54, 1.807) is 24.3 Å². The molecule has 2 heterocycles. The first-order valence-corrected chi connectivity index (χ1v) is 5.29. The molecule has 0 fully saturated rings. The van der Waals surface area contributed by atoms with Crippen molar-refractivity contribution in [3.05, 3.63) is 35.9 Å². The number of hydrogen-bond donors (Lipinski definition) is 1. The van der Waals surface area contributed by atoms with E-state index in [1.807, 2.05) is 6.07 Å². The summed E-state index contributed by atoms with van der Waals surface area (Å²) >= 11 is 0. The second kappa shape index (κ2) is 4.23. The number of tetrazole rings is 1. The van der Waals surface area contributed by atoms with Gasteiger partial charge in [0.15, 0.2) is 5.65 Å². The van der Waals surface area contributed by atoms with Crippen LogP contribution in [0.2, 0.25) is 0 Å². The normalized spacial score (nSPS) is 10.3. The molecule has 0 saturated heterocycles. The zero-order valence-electron chi connectivity index (χ0n) is 9.56. The summed E-state index contributed by atoms with van der Waals surface area (Å²) in [6, 6.07) is 10.1. The molecule has 0 spiro atoms. The number of rotatable bonds is 2. The fourth-order valence-corrected chi connectivity index (χ4v) is 1.52. The summed E-state index contributed by atoms with van der Waals surface area (Å²) in [6.07, 6.45) is 0. The second-order valence-electron chi connectivity index (χ2n) is 3.67. The third-order valence-corrected chi connectivity index (χ3v) is 2.38. The molecule has 8 heteroatoms. The maximum Gasteiger partial charge on any atom is 0.239 e. The van der Waals surface area contributed by atoms with Gasteiger partial charge in [0.25, 0.3) is 0 Å². The average Bonchev–Trinajstić information content (AvgIpc) is 2.88. The predicted octanol–water partition coefficient (Wildman–Crippen LogP) is 0.765. The molecule has 2 aromatic heterocycles. The Bertz CT molecular complexity index is 789. The fraction of sp³-hybridized carbons (Fsp3) is 0. The predicted molar refractivity (Wildman–Crippen MR) is 64.2 cm³/mol. The van der Waals surface area contributed by atoms with Gasteiger partial charge in [-0.1, -0.05) is 0 Å². The molecular formula is C11H7N7O. The summed E-state index contributed by atoms with van der Waals surface area (Å²) in [7, 11) is 0. The van der Waals surface area contributed by atoms with Gasteiger partial charge in [-0.2, -0.15) is 5.26 Å². The molecule has 0 bridgehead atoms. The number of nitriles is 1. The quantitative estimate of drug-likeness (QED) is 0.670. The van der Waals surface area contributed by atoms with E-state index >= 15 is 0 Å². The van der Waals surface area contributed by atoms with Crippen LogP contribution in [0.15, 0.2) is 30.3 Å². The molecule has 0 radical (unpaired) electrons. The van der Waals surface area contributed by atoms with Crippen LogP contribution in [0.4, 0.5) is 5.69 Å². The molecule has 0 atom stereocenters. The first-order chi connectivity index (χ1) is 9.26. The van der Waals surface area contributed by atoms with E-state index in [0.717, 1.165) is 0 Å². The number of fused-ring (bicyclic) bond motifs is 1. The number of ether oxygens (including phenoxy) is 1. The highest BCUT2D eigenvalue weighted by Gasteiger charge is 2.07. The molecule has 2 N–H and O–H groups in total. The SMILES string of the molecule is N#Cc1cc(N)ccc1Oc1ccc2nnnn2n1. The first kappa shape index (κ1) is 10.9. The number of anilines is 1. The molecule has 92 valence electrons. The lowest BCUT2D eigenvalue weighted by Gasteiger charge is -2.06. The Hall–Kier alpha value is -3.21. The van der Waals surface area contributed by atoms with Crippen molar-refractivity contribution in [2.75, 3.05) is 5.73 Å².